The van der Waals surface area contributed by atoms with E-state index in [0.717, 1.165) is 67.8 Å². The van der Waals surface area contributed by atoms with E-state index in [0.29, 0.717) is 58.6 Å². The topological polar surface area (TPSA) is 260 Å². The lowest BCUT2D eigenvalue weighted by atomic mass is 10.0. The molecule has 21 nitrogen and oxygen atoms in total. The molecule has 3 N–H and O–H groups in total. The van der Waals surface area contributed by atoms with Crippen molar-refractivity contribution in [3.8, 4) is 67.8 Å². The van der Waals surface area contributed by atoms with Crippen LogP contribution >= 0.6 is 0 Å². The number of nitrogens with zero attached hydrogens (tertiary/aromatic N) is 14. The van der Waals surface area contributed by atoms with E-state index in [9.17, 15) is 19.5 Å². The number of hydrogen-bond donors (Lipinski definition) is 3. The summed E-state index contributed by atoms with van der Waals surface area (Å²) in [6, 6.07) is 40.0. The molecular weight excluding hydrogens is 1010 g/mol. The summed E-state index contributed by atoms with van der Waals surface area (Å²) < 4.78 is 9.78. The van der Waals surface area contributed by atoms with E-state index in [1.165, 1.54) is 16.9 Å². The quantitative estimate of drug-likeness (QED) is 0.116. The molecule has 394 valence electrons. The summed E-state index contributed by atoms with van der Waals surface area (Å²) in [5.74, 6) is -1.48. The number of fused-ring (bicyclic) bond motifs is 3. The van der Waals surface area contributed by atoms with Gasteiger partial charge in [-0.3, -0.25) is 43.9 Å². The fraction of sp³-hybridized carbons (Fsp3) is 0.119. The molecule has 0 atom stereocenters. The van der Waals surface area contributed by atoms with Gasteiger partial charge in [-0.15, -0.1) is 0 Å². The second-order valence-corrected chi connectivity index (χ2v) is 18.3. The van der Waals surface area contributed by atoms with Crippen LogP contribution in [0.4, 0.5) is 0 Å². The Kier molecular flexibility index (Phi) is 14.4. The summed E-state index contributed by atoms with van der Waals surface area (Å²) >= 11 is 0. The number of aryl methyl sites for hydroxylation is 3. The number of carboxylic acids is 1. The average Bonchev–Trinajstić information content (AvgIpc) is 4.27. The molecule has 0 aliphatic carbocycles. The first kappa shape index (κ1) is 51.3. The molecule has 0 saturated carbocycles. The first-order valence-electron chi connectivity index (χ1n) is 25.2. The van der Waals surface area contributed by atoms with Gasteiger partial charge in [-0.25, -0.2) is 28.8 Å². The summed E-state index contributed by atoms with van der Waals surface area (Å²) in [5, 5.41) is 24.0. The molecule has 12 aromatic rings. The standard InChI is InChI=1S/C21H18N6O2.C20H17N5O.C18H13N5O2/c1-13-4-2-6-17(24-13)20-15(5-3-9-22-20)16-7-8-19-23-10-18(27(19)26-16)21(28)25-14-11-29-12-14;1-13-5-3-7-16(24-13)19-15(6-4-10-22-19)14-8-9-18-23-11-17(20(26)21-2)25(18)12-14;1-11-4-2-6-14(21-11)17-12(5-3-9-19-17)13-7-8-16-20-10-15(18(24)25)23(16)22-13/h2-10,14H,11-12H2,1H3,(H,25,28);3-12H,1-2H3,(H,21,26);2-10H,1H3,(H,24,25). The zero-order valence-corrected chi connectivity index (χ0v) is 43.5. The van der Waals surface area contributed by atoms with Crippen molar-refractivity contribution in [2.75, 3.05) is 20.3 Å². The average molecular weight is 1060 g/mol. The minimum atomic E-state index is -1.08. The molecular formula is C59H48N16O5. The molecule has 1 aliphatic rings. The monoisotopic (exact) mass is 1060 g/mol. The van der Waals surface area contributed by atoms with Crippen molar-refractivity contribution < 1.29 is 24.2 Å². The van der Waals surface area contributed by atoms with E-state index in [-0.39, 0.29) is 23.6 Å². The Balaban J connectivity index is 0.000000127. The third kappa shape index (κ3) is 10.7. The lowest BCUT2D eigenvalue weighted by molar-refractivity contribution is -0.00358. The Morgan fingerprint density at radius 1 is 0.500 bits per heavy atom. The fourth-order valence-electron chi connectivity index (χ4n) is 8.85. The minimum Gasteiger partial charge on any atom is -0.476 e. The second kappa shape index (κ2) is 22.4. The van der Waals surface area contributed by atoms with Crippen molar-refractivity contribution in [3.05, 3.63) is 205 Å². The van der Waals surface area contributed by atoms with E-state index in [1.807, 2.05) is 142 Å². The predicted molar refractivity (Wildman–Crippen MR) is 297 cm³/mol. The van der Waals surface area contributed by atoms with Gasteiger partial charge in [0.1, 0.15) is 11.3 Å². The van der Waals surface area contributed by atoms with Crippen LogP contribution in [-0.4, -0.2) is 118 Å². The molecule has 21 heteroatoms. The van der Waals surface area contributed by atoms with Crippen LogP contribution < -0.4 is 10.6 Å². The first-order valence-corrected chi connectivity index (χ1v) is 25.2. The first-order chi connectivity index (χ1) is 39.0. The van der Waals surface area contributed by atoms with Crippen LogP contribution in [0.5, 0.6) is 0 Å². The number of ether oxygens (including phenoxy) is 1. The highest BCUT2D eigenvalue weighted by Gasteiger charge is 2.24. The van der Waals surface area contributed by atoms with Crippen molar-refractivity contribution in [2.24, 2.45) is 0 Å². The van der Waals surface area contributed by atoms with Gasteiger partial charge in [-0.1, -0.05) is 24.3 Å². The van der Waals surface area contributed by atoms with Crippen molar-refractivity contribution in [2.45, 2.75) is 26.8 Å². The van der Waals surface area contributed by atoms with Crippen LogP contribution in [-0.2, 0) is 4.74 Å². The van der Waals surface area contributed by atoms with Gasteiger partial charge >= 0.3 is 5.97 Å². The van der Waals surface area contributed by atoms with Crippen LogP contribution in [0.25, 0.3) is 84.7 Å². The normalized spacial score (nSPS) is 12.0. The molecule has 2 amide bonds. The lowest BCUT2D eigenvalue weighted by Crippen LogP contribution is -2.48. The number of aromatic nitrogens is 14. The number of nitrogens with one attached hydrogen (secondary N) is 2. The van der Waals surface area contributed by atoms with Crippen molar-refractivity contribution in [3.63, 3.8) is 0 Å². The van der Waals surface area contributed by atoms with Gasteiger partial charge in [-0.05, 0) is 124 Å². The maximum atomic E-state index is 12.6. The number of carbonyl (C=O) groups excluding carboxylic acids is 2. The largest absolute Gasteiger partial charge is 0.476 e. The summed E-state index contributed by atoms with van der Waals surface area (Å²) in [5.41, 5.74) is 14.7. The van der Waals surface area contributed by atoms with Crippen molar-refractivity contribution in [1.29, 1.82) is 0 Å². The van der Waals surface area contributed by atoms with Gasteiger partial charge in [0, 0.05) is 71.2 Å². The zero-order valence-electron chi connectivity index (χ0n) is 43.5. The van der Waals surface area contributed by atoms with E-state index < -0.39 is 5.97 Å². The zero-order chi connectivity index (χ0) is 55.3. The van der Waals surface area contributed by atoms with Crippen LogP contribution in [0.2, 0.25) is 0 Å². The highest BCUT2D eigenvalue weighted by Crippen LogP contribution is 2.32. The molecule has 0 spiro atoms. The maximum Gasteiger partial charge on any atom is 0.356 e. The smallest absolute Gasteiger partial charge is 0.356 e. The summed E-state index contributed by atoms with van der Waals surface area (Å²) in [6.07, 6.45) is 11.5. The van der Waals surface area contributed by atoms with Crippen LogP contribution in [0.15, 0.2) is 171 Å². The van der Waals surface area contributed by atoms with E-state index in [4.69, 9.17) is 4.74 Å². The van der Waals surface area contributed by atoms with Gasteiger partial charge in [0.2, 0.25) is 0 Å². The van der Waals surface area contributed by atoms with Crippen LogP contribution in [0.1, 0.15) is 48.5 Å². The molecule has 13 heterocycles. The summed E-state index contributed by atoms with van der Waals surface area (Å²) in [4.78, 5) is 75.9. The number of aromatic carboxylic acids is 1. The third-order valence-electron chi connectivity index (χ3n) is 12.8. The Morgan fingerprint density at radius 3 is 1.45 bits per heavy atom. The van der Waals surface area contributed by atoms with E-state index in [2.05, 4.69) is 65.7 Å². The number of carbonyl (C=O) groups is 3. The number of rotatable bonds is 10. The van der Waals surface area contributed by atoms with Crippen molar-refractivity contribution >= 4 is 34.7 Å². The maximum absolute atomic E-state index is 12.6. The molecule has 80 heavy (non-hydrogen) atoms. The Hall–Kier alpha value is -10.8. The minimum absolute atomic E-state index is 0.0102. The highest BCUT2D eigenvalue weighted by molar-refractivity contribution is 5.94. The number of pyridine rings is 7. The summed E-state index contributed by atoms with van der Waals surface area (Å²) in [6.45, 7) is 6.88. The van der Waals surface area contributed by atoms with Gasteiger partial charge in [0.25, 0.3) is 11.8 Å². The van der Waals surface area contributed by atoms with E-state index in [1.54, 1.807) is 52.9 Å². The number of hydrogen-bond acceptors (Lipinski definition) is 15. The number of carboxylic acid groups (broad SMARTS) is 1. The number of amides is 2. The molecule has 0 radical (unpaired) electrons. The second-order valence-electron chi connectivity index (χ2n) is 18.3. The van der Waals surface area contributed by atoms with Crippen molar-refractivity contribution in [1.82, 2.24) is 79.1 Å². The Bertz CT molecular complexity index is 4300. The SMILES string of the molecule is CNC(=O)c1cnc2ccc(-c3cccnc3-c3cccc(C)n3)cn12.Cc1cccc(-c2ncccc2-c2ccc3ncc(C(=O)NC4COC4)n3n2)n1.Cc1cccc(-c2ncccc2-c2ccc3ncc(C(=O)O)n3n2)n1. The lowest BCUT2D eigenvalue weighted by Gasteiger charge is -2.26. The summed E-state index contributed by atoms with van der Waals surface area (Å²) in [7, 11) is 1.61. The molecule has 1 saturated heterocycles. The highest BCUT2D eigenvalue weighted by atomic mass is 16.5. The molecule has 13 rings (SSSR count). The molecule has 1 aliphatic heterocycles. The molecule has 0 unspecified atom stereocenters. The molecule has 0 bridgehead atoms. The number of imidazole rings is 3. The Labute approximate surface area is 456 Å². The van der Waals surface area contributed by atoms with E-state index >= 15 is 0 Å². The van der Waals surface area contributed by atoms with Gasteiger partial charge in [0.15, 0.2) is 22.7 Å². The van der Waals surface area contributed by atoms with Gasteiger partial charge in [0.05, 0.1) is 83.4 Å². The Morgan fingerprint density at radius 2 is 0.963 bits per heavy atom. The van der Waals surface area contributed by atoms with Gasteiger partial charge < -0.3 is 20.5 Å². The van der Waals surface area contributed by atoms with Crippen LogP contribution in [0, 0.1) is 20.8 Å². The van der Waals surface area contributed by atoms with Crippen LogP contribution in [0.3, 0.4) is 0 Å². The predicted octanol–water partition coefficient (Wildman–Crippen LogP) is 8.28. The molecule has 0 aromatic carbocycles. The molecule has 12 aromatic heterocycles. The third-order valence-corrected chi connectivity index (χ3v) is 12.8. The van der Waals surface area contributed by atoms with Gasteiger partial charge in [-0.2, -0.15) is 10.2 Å². The fourth-order valence-corrected chi connectivity index (χ4v) is 8.85. The molecule has 1 fully saturated rings.